The number of rotatable bonds is 0. The Labute approximate surface area is 85.0 Å². The maximum Gasteiger partial charge on any atom is -0.00141 e. The van der Waals surface area contributed by atoms with Crippen LogP contribution in [0.2, 0.25) is 0 Å². The summed E-state index contributed by atoms with van der Waals surface area (Å²) in [7, 11) is 0. The summed E-state index contributed by atoms with van der Waals surface area (Å²) in [6.45, 7) is 2.29. The van der Waals surface area contributed by atoms with Gasteiger partial charge in [0.25, 0.3) is 0 Å². The molecule has 0 saturated carbocycles. The quantitative estimate of drug-likeness (QED) is 0.573. The minimum absolute atomic E-state index is 1.16. The molecule has 3 rings (SSSR count). The molecule has 0 unspecified atom stereocenters. The Bertz CT molecular complexity index is 447. The van der Waals surface area contributed by atoms with Gasteiger partial charge in [-0.1, -0.05) is 35.9 Å². The standard InChI is InChI=1S/C14H14/c1-10-5-4-8-13-12-7-3-2-6-11(12)9-14(10)13/h2-3,6-8H,4-5,9H2,1H3. The molecule has 2 aliphatic carbocycles. The van der Waals surface area contributed by atoms with Crippen molar-refractivity contribution in [3.63, 3.8) is 0 Å². The molecule has 0 aliphatic heterocycles. The van der Waals surface area contributed by atoms with Crippen LogP contribution in [-0.4, -0.2) is 0 Å². The number of fused-ring (bicyclic) bond motifs is 3. The third-order valence-electron chi connectivity index (χ3n) is 3.38. The average molecular weight is 182 g/mol. The van der Waals surface area contributed by atoms with Crippen LogP contribution in [0.25, 0.3) is 5.57 Å². The van der Waals surface area contributed by atoms with Crippen molar-refractivity contribution >= 4 is 5.57 Å². The van der Waals surface area contributed by atoms with Crippen molar-refractivity contribution in [3.05, 3.63) is 52.6 Å². The molecule has 2 aliphatic rings. The third kappa shape index (κ3) is 1.00. The molecule has 14 heavy (non-hydrogen) atoms. The minimum Gasteiger partial charge on any atom is -0.0760 e. The average Bonchev–Trinajstić information content (AvgIpc) is 2.59. The third-order valence-corrected chi connectivity index (χ3v) is 3.38. The van der Waals surface area contributed by atoms with E-state index in [1.807, 2.05) is 0 Å². The number of benzene rings is 1. The molecular formula is C14H14. The molecule has 1 aromatic carbocycles. The fourth-order valence-corrected chi connectivity index (χ4v) is 2.58. The van der Waals surface area contributed by atoms with E-state index in [4.69, 9.17) is 0 Å². The summed E-state index contributed by atoms with van der Waals surface area (Å²) >= 11 is 0. The van der Waals surface area contributed by atoms with E-state index in [1.165, 1.54) is 29.5 Å². The van der Waals surface area contributed by atoms with Gasteiger partial charge in [0.2, 0.25) is 0 Å². The van der Waals surface area contributed by atoms with Gasteiger partial charge in [0.15, 0.2) is 0 Å². The highest BCUT2D eigenvalue weighted by molar-refractivity contribution is 5.87. The van der Waals surface area contributed by atoms with Crippen molar-refractivity contribution in [2.45, 2.75) is 26.2 Å². The van der Waals surface area contributed by atoms with Gasteiger partial charge < -0.3 is 0 Å². The molecule has 0 N–H and O–H groups in total. The molecule has 0 radical (unpaired) electrons. The Morgan fingerprint density at radius 2 is 2.00 bits per heavy atom. The van der Waals surface area contributed by atoms with E-state index in [0.29, 0.717) is 0 Å². The molecular weight excluding hydrogens is 168 g/mol. The van der Waals surface area contributed by atoms with Crippen LogP contribution in [0.1, 0.15) is 30.9 Å². The van der Waals surface area contributed by atoms with Crippen LogP contribution in [0, 0.1) is 0 Å². The van der Waals surface area contributed by atoms with Crippen LogP contribution in [0.3, 0.4) is 0 Å². The Balaban J connectivity index is 2.23. The van der Waals surface area contributed by atoms with Crippen LogP contribution < -0.4 is 0 Å². The van der Waals surface area contributed by atoms with E-state index in [-0.39, 0.29) is 0 Å². The summed E-state index contributed by atoms with van der Waals surface area (Å²) in [5, 5.41) is 0. The number of hydrogen-bond donors (Lipinski definition) is 0. The molecule has 0 fully saturated rings. The maximum absolute atomic E-state index is 2.41. The van der Waals surface area contributed by atoms with E-state index >= 15 is 0 Å². The van der Waals surface area contributed by atoms with Gasteiger partial charge in [-0.25, -0.2) is 0 Å². The molecule has 0 heterocycles. The topological polar surface area (TPSA) is 0 Å². The van der Waals surface area contributed by atoms with E-state index < -0.39 is 0 Å². The first-order valence-corrected chi connectivity index (χ1v) is 5.33. The van der Waals surface area contributed by atoms with Crippen LogP contribution >= 0.6 is 0 Å². The SMILES string of the molecule is CC1=C2Cc3ccccc3C2=CCC1. The zero-order chi connectivity index (χ0) is 9.54. The summed E-state index contributed by atoms with van der Waals surface area (Å²) in [6, 6.07) is 8.81. The lowest BCUT2D eigenvalue weighted by atomic mass is 9.92. The first-order valence-electron chi connectivity index (χ1n) is 5.33. The van der Waals surface area contributed by atoms with E-state index in [2.05, 4.69) is 37.3 Å². The Kier molecular flexibility index (Phi) is 1.63. The fraction of sp³-hybridized carbons (Fsp3) is 0.286. The summed E-state index contributed by atoms with van der Waals surface area (Å²) in [5.74, 6) is 0. The molecule has 0 saturated heterocycles. The van der Waals surface area contributed by atoms with Gasteiger partial charge in [-0.05, 0) is 48.5 Å². The monoisotopic (exact) mass is 182 g/mol. The highest BCUT2D eigenvalue weighted by atomic mass is 14.3. The Morgan fingerprint density at radius 1 is 1.14 bits per heavy atom. The predicted molar refractivity (Wildman–Crippen MR) is 60.1 cm³/mol. The molecule has 0 atom stereocenters. The van der Waals surface area contributed by atoms with Crippen LogP contribution in [0.4, 0.5) is 0 Å². The number of allylic oxidation sites excluding steroid dienone is 4. The first kappa shape index (κ1) is 8.05. The second kappa shape index (κ2) is 2.84. The number of hydrogen-bond acceptors (Lipinski definition) is 0. The van der Waals surface area contributed by atoms with Gasteiger partial charge in [-0.15, -0.1) is 0 Å². The fourth-order valence-electron chi connectivity index (χ4n) is 2.58. The lowest BCUT2D eigenvalue weighted by molar-refractivity contribution is 0.939. The largest absolute Gasteiger partial charge is 0.0760 e. The van der Waals surface area contributed by atoms with Crippen molar-refractivity contribution in [3.8, 4) is 0 Å². The van der Waals surface area contributed by atoms with E-state index in [0.717, 1.165) is 6.42 Å². The highest BCUT2D eigenvalue weighted by Gasteiger charge is 2.23. The van der Waals surface area contributed by atoms with Crippen molar-refractivity contribution in [1.82, 2.24) is 0 Å². The molecule has 0 amide bonds. The van der Waals surface area contributed by atoms with Crippen molar-refractivity contribution < 1.29 is 0 Å². The van der Waals surface area contributed by atoms with Gasteiger partial charge in [-0.2, -0.15) is 0 Å². The normalized spacial score (nSPS) is 19.1. The van der Waals surface area contributed by atoms with Crippen LogP contribution in [0.15, 0.2) is 41.5 Å². The van der Waals surface area contributed by atoms with Crippen molar-refractivity contribution in [2.75, 3.05) is 0 Å². The van der Waals surface area contributed by atoms with Crippen molar-refractivity contribution in [2.24, 2.45) is 0 Å². The lowest BCUT2D eigenvalue weighted by Crippen LogP contribution is -1.93. The molecule has 0 heteroatoms. The predicted octanol–water partition coefficient (Wildman–Crippen LogP) is 3.74. The summed E-state index contributed by atoms with van der Waals surface area (Å²) in [6.07, 6.45) is 6.05. The summed E-state index contributed by atoms with van der Waals surface area (Å²) in [4.78, 5) is 0. The Morgan fingerprint density at radius 3 is 2.93 bits per heavy atom. The van der Waals surface area contributed by atoms with Gasteiger partial charge in [-0.3, -0.25) is 0 Å². The highest BCUT2D eigenvalue weighted by Crippen LogP contribution is 2.41. The van der Waals surface area contributed by atoms with E-state index in [9.17, 15) is 0 Å². The summed E-state index contributed by atoms with van der Waals surface area (Å²) < 4.78 is 0. The van der Waals surface area contributed by atoms with Crippen LogP contribution in [-0.2, 0) is 6.42 Å². The van der Waals surface area contributed by atoms with Crippen LogP contribution in [0.5, 0.6) is 0 Å². The molecule has 0 aromatic heterocycles. The van der Waals surface area contributed by atoms with Gasteiger partial charge >= 0.3 is 0 Å². The van der Waals surface area contributed by atoms with Gasteiger partial charge in [0, 0.05) is 0 Å². The van der Waals surface area contributed by atoms with Crippen molar-refractivity contribution in [1.29, 1.82) is 0 Å². The van der Waals surface area contributed by atoms with Gasteiger partial charge in [0.05, 0.1) is 0 Å². The second-order valence-electron chi connectivity index (χ2n) is 4.25. The van der Waals surface area contributed by atoms with E-state index in [1.54, 1.807) is 11.1 Å². The molecule has 70 valence electrons. The Hall–Kier alpha value is -1.30. The maximum atomic E-state index is 2.41. The molecule has 0 spiro atoms. The second-order valence-corrected chi connectivity index (χ2v) is 4.25. The lowest BCUT2D eigenvalue weighted by Gasteiger charge is -2.13. The zero-order valence-corrected chi connectivity index (χ0v) is 8.51. The molecule has 0 nitrogen and oxygen atoms in total. The molecule has 0 bridgehead atoms. The zero-order valence-electron chi connectivity index (χ0n) is 8.51. The first-order chi connectivity index (χ1) is 6.86. The smallest absolute Gasteiger partial charge is 0.00141 e. The minimum atomic E-state index is 1.16. The molecule has 1 aromatic rings. The van der Waals surface area contributed by atoms with Gasteiger partial charge in [0.1, 0.15) is 0 Å². The summed E-state index contributed by atoms with van der Waals surface area (Å²) in [5.41, 5.74) is 7.69.